The van der Waals surface area contributed by atoms with Gasteiger partial charge in [-0.25, -0.2) is 0 Å². The van der Waals surface area contributed by atoms with Gasteiger partial charge in [-0.15, -0.1) is 0 Å². The van der Waals surface area contributed by atoms with Crippen molar-refractivity contribution in [1.82, 2.24) is 9.80 Å². The van der Waals surface area contributed by atoms with E-state index in [9.17, 15) is 4.79 Å². The molecule has 3 fully saturated rings. The van der Waals surface area contributed by atoms with Gasteiger partial charge in [0.2, 0.25) is 0 Å². The molecule has 31 heavy (non-hydrogen) atoms. The molecule has 3 aliphatic rings. The molecule has 164 valence electrons. The fourth-order valence-corrected chi connectivity index (χ4v) is 4.78. The van der Waals surface area contributed by atoms with Crippen LogP contribution < -0.4 is 4.74 Å². The highest BCUT2D eigenvalue weighted by atomic mass is 16.5. The molecule has 2 aromatic rings. The molecule has 0 atom stereocenters. The van der Waals surface area contributed by atoms with Gasteiger partial charge in [0.1, 0.15) is 11.9 Å². The average molecular weight is 421 g/mol. The number of nitrogens with zero attached hydrogens (tertiary/aromatic N) is 2. The fraction of sp³-hybridized carbons (Fsp3) is 0.500. The molecule has 0 spiro atoms. The van der Waals surface area contributed by atoms with Gasteiger partial charge in [0.15, 0.2) is 0 Å². The first-order chi connectivity index (χ1) is 15.3. The Hall–Kier alpha value is -2.37. The lowest BCUT2D eigenvalue weighted by Crippen LogP contribution is -2.46. The molecular formula is C26H32N2O3. The molecule has 1 amide bonds. The van der Waals surface area contributed by atoms with E-state index in [0.29, 0.717) is 32.4 Å². The third kappa shape index (κ3) is 4.78. The average Bonchev–Trinajstić information content (AvgIpc) is 2.80. The van der Waals surface area contributed by atoms with Crippen LogP contribution in [0.2, 0.25) is 0 Å². The molecule has 5 nitrogen and oxygen atoms in total. The molecule has 5 heteroatoms. The maximum atomic E-state index is 12.6. The van der Waals surface area contributed by atoms with Crippen LogP contribution in [0.15, 0.2) is 48.5 Å². The second-order valence-electron chi connectivity index (χ2n) is 8.94. The maximum absolute atomic E-state index is 12.6. The molecule has 0 unspecified atom stereocenters. The predicted octanol–water partition coefficient (Wildman–Crippen LogP) is 4.22. The molecule has 1 aliphatic carbocycles. The zero-order valence-electron chi connectivity index (χ0n) is 18.2. The molecule has 2 heterocycles. The molecule has 2 aromatic carbocycles. The van der Waals surface area contributed by atoms with Crippen molar-refractivity contribution >= 4 is 5.91 Å². The summed E-state index contributed by atoms with van der Waals surface area (Å²) in [6.07, 6.45) is 6.74. The van der Waals surface area contributed by atoms with E-state index in [4.69, 9.17) is 9.47 Å². The van der Waals surface area contributed by atoms with Gasteiger partial charge < -0.3 is 19.3 Å². The number of amides is 1. The van der Waals surface area contributed by atoms with Gasteiger partial charge in [-0.3, -0.25) is 4.79 Å². The third-order valence-corrected chi connectivity index (χ3v) is 6.99. The third-order valence-electron chi connectivity index (χ3n) is 6.99. The van der Waals surface area contributed by atoms with Crippen LogP contribution in [0.25, 0.3) is 11.1 Å². The van der Waals surface area contributed by atoms with Crippen molar-refractivity contribution in [2.75, 3.05) is 39.4 Å². The van der Waals surface area contributed by atoms with E-state index in [0.717, 1.165) is 41.3 Å². The summed E-state index contributed by atoms with van der Waals surface area (Å²) in [4.78, 5) is 17.1. The van der Waals surface area contributed by atoms with Gasteiger partial charge >= 0.3 is 0 Å². The van der Waals surface area contributed by atoms with Crippen LogP contribution in [0.4, 0.5) is 0 Å². The molecule has 5 rings (SSSR count). The normalized spacial score (nSPS) is 21.0. The topological polar surface area (TPSA) is 42.0 Å². The van der Waals surface area contributed by atoms with E-state index in [1.807, 2.05) is 29.2 Å². The number of carbonyl (C=O) groups is 1. The summed E-state index contributed by atoms with van der Waals surface area (Å²) in [6.45, 7) is 4.92. The maximum Gasteiger partial charge on any atom is 0.254 e. The van der Waals surface area contributed by atoms with E-state index in [1.165, 1.54) is 32.4 Å². The van der Waals surface area contributed by atoms with Crippen LogP contribution in [0, 0.1) is 0 Å². The van der Waals surface area contributed by atoms with E-state index >= 15 is 0 Å². The Bertz CT molecular complexity index is 863. The van der Waals surface area contributed by atoms with E-state index in [1.54, 1.807) is 0 Å². The molecule has 2 saturated heterocycles. The van der Waals surface area contributed by atoms with Gasteiger partial charge in [-0.2, -0.15) is 0 Å². The first kappa shape index (κ1) is 20.5. The van der Waals surface area contributed by atoms with Crippen LogP contribution in [-0.4, -0.2) is 67.2 Å². The lowest BCUT2D eigenvalue weighted by atomic mass is 9.90. The Kier molecular flexibility index (Phi) is 6.23. The SMILES string of the molecule is O=C(c1ccc(-c2ccc(OC3CCN(C4CCC4)CC3)cc2)cc1)N1CCOCC1. The van der Waals surface area contributed by atoms with Crippen molar-refractivity contribution in [1.29, 1.82) is 0 Å². The summed E-state index contributed by atoms with van der Waals surface area (Å²) in [5.41, 5.74) is 2.98. The number of benzene rings is 2. The second kappa shape index (κ2) is 9.41. The number of carbonyl (C=O) groups excluding carboxylic acids is 1. The van der Waals surface area contributed by atoms with Gasteiger partial charge in [0, 0.05) is 37.8 Å². The highest BCUT2D eigenvalue weighted by Gasteiger charge is 2.29. The second-order valence-corrected chi connectivity index (χ2v) is 8.94. The first-order valence-electron chi connectivity index (χ1n) is 11.7. The molecule has 0 bridgehead atoms. The van der Waals surface area contributed by atoms with E-state index in [2.05, 4.69) is 29.2 Å². The summed E-state index contributed by atoms with van der Waals surface area (Å²) in [5.74, 6) is 1.03. The van der Waals surface area contributed by atoms with Crippen LogP contribution in [0.1, 0.15) is 42.5 Å². The Morgan fingerprint density at radius 2 is 1.42 bits per heavy atom. The molecule has 0 aromatic heterocycles. The monoisotopic (exact) mass is 420 g/mol. The molecule has 0 radical (unpaired) electrons. The van der Waals surface area contributed by atoms with Crippen molar-refractivity contribution in [3.63, 3.8) is 0 Å². The minimum Gasteiger partial charge on any atom is -0.490 e. The predicted molar refractivity (Wildman–Crippen MR) is 121 cm³/mol. The lowest BCUT2D eigenvalue weighted by molar-refractivity contribution is 0.0303. The first-order valence-corrected chi connectivity index (χ1v) is 11.7. The van der Waals surface area contributed by atoms with Gasteiger partial charge in [-0.05, 0) is 61.1 Å². The Morgan fingerprint density at radius 3 is 2.00 bits per heavy atom. The minimum absolute atomic E-state index is 0.0851. The van der Waals surface area contributed by atoms with Crippen molar-refractivity contribution in [2.45, 2.75) is 44.2 Å². The lowest BCUT2D eigenvalue weighted by Gasteiger charge is -2.41. The zero-order chi connectivity index (χ0) is 21.0. The Labute approximate surface area is 184 Å². The standard InChI is InChI=1S/C26H32N2O3/c29-26(28-16-18-30-19-17-28)22-6-4-20(5-7-22)21-8-10-24(11-9-21)31-25-12-14-27(15-13-25)23-2-1-3-23/h4-11,23,25H,1-3,12-19H2. The number of likely N-dealkylation sites (tertiary alicyclic amines) is 1. The summed E-state index contributed by atoms with van der Waals surface area (Å²) < 4.78 is 11.6. The van der Waals surface area contributed by atoms with Gasteiger partial charge in [0.25, 0.3) is 5.91 Å². The summed E-state index contributed by atoms with van der Waals surface area (Å²) in [5, 5.41) is 0. The largest absolute Gasteiger partial charge is 0.490 e. The number of morpholine rings is 1. The van der Waals surface area contributed by atoms with Gasteiger partial charge in [0.05, 0.1) is 13.2 Å². The van der Waals surface area contributed by atoms with Crippen LogP contribution in [-0.2, 0) is 4.74 Å². The minimum atomic E-state index is 0.0851. The van der Waals surface area contributed by atoms with E-state index < -0.39 is 0 Å². The van der Waals surface area contributed by atoms with Crippen molar-refractivity contribution in [3.05, 3.63) is 54.1 Å². The van der Waals surface area contributed by atoms with Crippen LogP contribution in [0.3, 0.4) is 0 Å². The number of rotatable bonds is 5. The molecule has 1 saturated carbocycles. The number of piperidine rings is 1. The van der Waals surface area contributed by atoms with Crippen LogP contribution >= 0.6 is 0 Å². The molecular weight excluding hydrogens is 388 g/mol. The van der Waals surface area contributed by atoms with Crippen molar-refractivity contribution < 1.29 is 14.3 Å². The van der Waals surface area contributed by atoms with Crippen molar-refractivity contribution in [3.8, 4) is 16.9 Å². The number of hydrogen-bond acceptors (Lipinski definition) is 4. The highest BCUT2D eigenvalue weighted by molar-refractivity contribution is 5.94. The fourth-order valence-electron chi connectivity index (χ4n) is 4.78. The summed E-state index contributed by atoms with van der Waals surface area (Å²) >= 11 is 0. The number of hydrogen-bond donors (Lipinski definition) is 0. The Morgan fingerprint density at radius 1 is 0.806 bits per heavy atom. The number of ether oxygens (including phenoxy) is 2. The molecule has 2 aliphatic heterocycles. The quantitative estimate of drug-likeness (QED) is 0.726. The summed E-state index contributed by atoms with van der Waals surface area (Å²) in [7, 11) is 0. The highest BCUT2D eigenvalue weighted by Crippen LogP contribution is 2.29. The Balaban J connectivity index is 1.16. The molecule has 0 N–H and O–H groups in total. The zero-order valence-corrected chi connectivity index (χ0v) is 18.2. The summed E-state index contributed by atoms with van der Waals surface area (Å²) in [6, 6.07) is 17.1. The van der Waals surface area contributed by atoms with Gasteiger partial charge in [-0.1, -0.05) is 30.7 Å². The van der Waals surface area contributed by atoms with Crippen LogP contribution in [0.5, 0.6) is 5.75 Å². The van der Waals surface area contributed by atoms with Crippen molar-refractivity contribution in [2.24, 2.45) is 0 Å². The van der Waals surface area contributed by atoms with E-state index in [-0.39, 0.29) is 5.91 Å². The smallest absolute Gasteiger partial charge is 0.254 e.